The van der Waals surface area contributed by atoms with Gasteiger partial charge in [0.05, 0.1) is 27.4 Å². The van der Waals surface area contributed by atoms with Crippen LogP contribution in [0, 0.1) is 51.8 Å². The van der Waals surface area contributed by atoms with Crippen LogP contribution in [0.25, 0.3) is 0 Å². The molecule has 0 spiro atoms. The molecular weight excluding hydrogens is 596 g/mol. The second-order valence-corrected chi connectivity index (χ2v) is 12.5. The summed E-state index contributed by atoms with van der Waals surface area (Å²) in [6, 6.07) is 5.48. The highest BCUT2D eigenvalue weighted by atomic mass is 16.6. The van der Waals surface area contributed by atoms with Crippen LogP contribution in [0.15, 0.2) is 58.7 Å². The minimum atomic E-state index is -0.982. The van der Waals surface area contributed by atoms with E-state index in [-0.39, 0.29) is 52.7 Å². The van der Waals surface area contributed by atoms with Gasteiger partial charge in [-0.15, -0.1) is 0 Å². The molecular formula is C33H30N4O9. The SMILES string of the molecule is CC1=CC(=O)C2=C(C1=O)[C@@H](c1cc(C)c(O)c(C)c1)C1=CC[C@@H]3C(=O)N(c4cc([N+](=O)[O-])c(N(C)C)c([N+](=O)[O-])c4)C(=O)[C@@H]3[C@@H]1C2. The molecule has 2 aromatic carbocycles. The third kappa shape index (κ3) is 4.37. The van der Waals surface area contributed by atoms with E-state index in [1.165, 1.54) is 25.1 Å². The van der Waals surface area contributed by atoms with Crippen LogP contribution in [-0.4, -0.2) is 52.4 Å². The van der Waals surface area contributed by atoms with E-state index < -0.39 is 56.7 Å². The van der Waals surface area contributed by atoms with Gasteiger partial charge in [0, 0.05) is 48.9 Å². The first-order valence-electron chi connectivity index (χ1n) is 14.7. The second-order valence-electron chi connectivity index (χ2n) is 12.5. The van der Waals surface area contributed by atoms with Crippen LogP contribution in [0.3, 0.4) is 0 Å². The molecule has 0 radical (unpaired) electrons. The lowest BCUT2D eigenvalue weighted by Gasteiger charge is -2.42. The maximum atomic E-state index is 14.3. The summed E-state index contributed by atoms with van der Waals surface area (Å²) in [7, 11) is 2.83. The van der Waals surface area contributed by atoms with Crippen LogP contribution in [0.2, 0.25) is 0 Å². The third-order valence-electron chi connectivity index (χ3n) is 9.56. The quantitative estimate of drug-likeness (QED) is 0.163. The molecule has 236 valence electrons. The lowest BCUT2D eigenvalue weighted by Crippen LogP contribution is -2.39. The highest BCUT2D eigenvalue weighted by Gasteiger charge is 2.57. The number of carbonyl (C=O) groups excluding carboxylic acids is 4. The topological polar surface area (TPSA) is 181 Å². The molecule has 2 amide bonds. The summed E-state index contributed by atoms with van der Waals surface area (Å²) in [6.07, 6.45) is 3.25. The number of rotatable bonds is 5. The second kappa shape index (κ2) is 10.6. The average Bonchev–Trinajstić information content (AvgIpc) is 3.25. The van der Waals surface area contributed by atoms with E-state index in [1.54, 1.807) is 32.9 Å². The number of phenols is 1. The van der Waals surface area contributed by atoms with Crippen molar-refractivity contribution in [2.75, 3.05) is 23.9 Å². The summed E-state index contributed by atoms with van der Waals surface area (Å²) in [5, 5.41) is 34.5. The number of allylic oxidation sites excluding steroid dienone is 6. The molecule has 1 N–H and O–H groups in total. The van der Waals surface area contributed by atoms with Crippen molar-refractivity contribution in [2.45, 2.75) is 39.5 Å². The third-order valence-corrected chi connectivity index (χ3v) is 9.56. The Morgan fingerprint density at radius 3 is 2.02 bits per heavy atom. The summed E-state index contributed by atoms with van der Waals surface area (Å²) in [5.74, 6) is -5.14. The van der Waals surface area contributed by atoms with Gasteiger partial charge in [0.1, 0.15) is 5.75 Å². The van der Waals surface area contributed by atoms with Gasteiger partial charge < -0.3 is 10.0 Å². The van der Waals surface area contributed by atoms with Crippen LogP contribution >= 0.6 is 0 Å². The van der Waals surface area contributed by atoms with Crippen molar-refractivity contribution in [3.05, 3.63) is 95.6 Å². The number of hydrogen-bond donors (Lipinski definition) is 1. The average molecular weight is 627 g/mol. The Balaban J connectivity index is 1.50. The van der Waals surface area contributed by atoms with Gasteiger partial charge in [-0.1, -0.05) is 23.8 Å². The first-order chi connectivity index (χ1) is 21.6. The van der Waals surface area contributed by atoms with E-state index in [0.717, 1.165) is 17.0 Å². The van der Waals surface area contributed by atoms with Crippen molar-refractivity contribution in [2.24, 2.45) is 17.8 Å². The standard InChI is InChI=1S/C33H30N4O9/c1-14-8-17(9-15(2)30(14)39)26-19-6-7-20-27(21(19)13-22-25(38)10-16(3)31(40)28(22)26)33(42)35(32(20)41)18-11-23(36(43)44)29(34(4)5)24(12-18)37(45)46/h6,8-12,20-21,26-27,39H,7,13H2,1-5H3/t20-,21+,26-,27-/m0/s1. The fraction of sp³-hybridized carbons (Fsp3) is 0.333. The number of nitrogens with zero attached hydrogens (tertiary/aromatic N) is 4. The van der Waals surface area contributed by atoms with Crippen molar-refractivity contribution >= 4 is 46.1 Å². The molecule has 0 bridgehead atoms. The summed E-state index contributed by atoms with van der Waals surface area (Å²) in [4.78, 5) is 79.6. The summed E-state index contributed by atoms with van der Waals surface area (Å²) < 4.78 is 0. The van der Waals surface area contributed by atoms with E-state index >= 15 is 0 Å². The molecule has 46 heavy (non-hydrogen) atoms. The summed E-state index contributed by atoms with van der Waals surface area (Å²) in [6.45, 7) is 5.02. The zero-order chi connectivity index (χ0) is 33.5. The molecule has 2 aromatic rings. The van der Waals surface area contributed by atoms with E-state index in [1.807, 2.05) is 6.08 Å². The Kier molecular flexibility index (Phi) is 7.02. The largest absolute Gasteiger partial charge is 0.507 e. The number of fused-ring (bicyclic) bond motifs is 3. The fourth-order valence-electron chi connectivity index (χ4n) is 7.61. The number of nitro groups is 2. The number of aromatic hydroxyl groups is 1. The first-order valence-corrected chi connectivity index (χ1v) is 14.7. The van der Waals surface area contributed by atoms with E-state index in [2.05, 4.69) is 0 Å². The van der Waals surface area contributed by atoms with Gasteiger partial charge >= 0.3 is 11.4 Å². The van der Waals surface area contributed by atoms with Gasteiger partial charge in [0.2, 0.25) is 11.8 Å². The molecule has 0 aromatic heterocycles. The molecule has 13 nitrogen and oxygen atoms in total. The van der Waals surface area contributed by atoms with Gasteiger partial charge in [0.15, 0.2) is 17.3 Å². The number of imide groups is 1. The van der Waals surface area contributed by atoms with Crippen LogP contribution in [0.1, 0.15) is 42.4 Å². The number of nitro benzene ring substituents is 2. The van der Waals surface area contributed by atoms with Crippen molar-refractivity contribution in [1.82, 2.24) is 0 Å². The maximum Gasteiger partial charge on any atom is 0.301 e. The number of phenolic OH excluding ortho intramolecular Hbond substituents is 1. The predicted octanol–water partition coefficient (Wildman–Crippen LogP) is 4.53. The summed E-state index contributed by atoms with van der Waals surface area (Å²) in [5.41, 5.74) is 1.51. The number of benzene rings is 2. The molecule has 0 saturated carbocycles. The number of ketones is 2. The molecule has 0 unspecified atom stereocenters. The Morgan fingerprint density at radius 2 is 1.48 bits per heavy atom. The number of anilines is 2. The molecule has 4 aliphatic rings. The molecule has 1 heterocycles. The first kappa shape index (κ1) is 30.6. The van der Waals surface area contributed by atoms with Crippen molar-refractivity contribution < 1.29 is 34.1 Å². The highest BCUT2D eigenvalue weighted by molar-refractivity contribution is 6.25. The van der Waals surface area contributed by atoms with Crippen LogP contribution in [0.5, 0.6) is 5.75 Å². The zero-order valence-corrected chi connectivity index (χ0v) is 25.7. The van der Waals surface area contributed by atoms with Gasteiger partial charge in [-0.25, -0.2) is 4.90 Å². The van der Waals surface area contributed by atoms with E-state index in [4.69, 9.17) is 0 Å². The smallest absolute Gasteiger partial charge is 0.301 e. The molecule has 4 atom stereocenters. The minimum Gasteiger partial charge on any atom is -0.507 e. The van der Waals surface area contributed by atoms with Gasteiger partial charge in [0.25, 0.3) is 0 Å². The highest BCUT2D eigenvalue weighted by Crippen LogP contribution is 2.56. The monoisotopic (exact) mass is 626 g/mol. The van der Waals surface area contributed by atoms with E-state index in [0.29, 0.717) is 27.8 Å². The number of amides is 2. The maximum absolute atomic E-state index is 14.3. The van der Waals surface area contributed by atoms with Crippen molar-refractivity contribution in [1.29, 1.82) is 0 Å². The zero-order valence-electron chi connectivity index (χ0n) is 25.7. The molecule has 1 fully saturated rings. The molecule has 3 aliphatic carbocycles. The number of aryl methyl sites for hydroxylation is 2. The van der Waals surface area contributed by atoms with Crippen LogP contribution in [-0.2, 0) is 19.2 Å². The Bertz CT molecular complexity index is 1880. The van der Waals surface area contributed by atoms with Gasteiger partial charge in [-0.2, -0.15) is 0 Å². The fourth-order valence-corrected chi connectivity index (χ4v) is 7.61. The van der Waals surface area contributed by atoms with Crippen LogP contribution < -0.4 is 9.80 Å². The molecule has 1 aliphatic heterocycles. The minimum absolute atomic E-state index is 0.0238. The van der Waals surface area contributed by atoms with Crippen LogP contribution in [0.4, 0.5) is 22.7 Å². The predicted molar refractivity (Wildman–Crippen MR) is 165 cm³/mol. The van der Waals surface area contributed by atoms with Crippen molar-refractivity contribution in [3.63, 3.8) is 0 Å². The van der Waals surface area contributed by atoms with E-state index in [9.17, 15) is 44.5 Å². The van der Waals surface area contributed by atoms with Crippen molar-refractivity contribution in [3.8, 4) is 5.75 Å². The number of hydrogen-bond acceptors (Lipinski definition) is 10. The summed E-state index contributed by atoms with van der Waals surface area (Å²) >= 11 is 0. The Morgan fingerprint density at radius 1 is 0.891 bits per heavy atom. The number of carbonyl (C=O) groups is 4. The molecule has 1 saturated heterocycles. The Labute approximate surface area is 262 Å². The normalized spacial score (nSPS) is 23.9. The molecule has 6 rings (SSSR count). The lowest BCUT2D eigenvalue weighted by molar-refractivity contribution is -0.392. The Hall–Kier alpha value is -5.46. The van der Waals surface area contributed by atoms with Gasteiger partial charge in [-0.05, 0) is 62.3 Å². The number of Topliss-reactive ketones (excluding diaryl/α,β-unsaturated/α-hetero) is 1. The molecule has 13 heteroatoms. The van der Waals surface area contributed by atoms with Gasteiger partial charge in [-0.3, -0.25) is 39.4 Å². The lowest BCUT2D eigenvalue weighted by atomic mass is 9.59.